The smallest absolute Gasteiger partial charge is 0.0349 e. The quantitative estimate of drug-likeness (QED) is 0.572. The fourth-order valence-electron chi connectivity index (χ4n) is 2.05. The van der Waals surface area contributed by atoms with Crippen LogP contribution in [0.2, 0.25) is 0 Å². The summed E-state index contributed by atoms with van der Waals surface area (Å²) >= 11 is 1.85. The van der Waals surface area contributed by atoms with Crippen LogP contribution in [0.25, 0.3) is 20.9 Å². The predicted molar refractivity (Wildman–Crippen MR) is 79.9 cm³/mol. The van der Waals surface area contributed by atoms with Gasteiger partial charge >= 0.3 is 0 Å². The molecule has 0 aliphatic heterocycles. The fraction of sp³-hybridized carbons (Fsp3) is 0.0588. The van der Waals surface area contributed by atoms with Crippen molar-refractivity contribution in [3.05, 3.63) is 72.3 Å². The van der Waals surface area contributed by atoms with Crippen LogP contribution in [0.1, 0.15) is 5.56 Å². The van der Waals surface area contributed by atoms with E-state index in [1.807, 2.05) is 11.3 Å². The maximum absolute atomic E-state index is 2.24. The first-order chi connectivity index (χ1) is 8.83. The van der Waals surface area contributed by atoms with Gasteiger partial charge in [0.15, 0.2) is 0 Å². The summed E-state index contributed by atoms with van der Waals surface area (Å²) in [6.45, 7) is 2.13. The number of thiophene rings is 1. The molecule has 1 heteroatoms. The monoisotopic (exact) mass is 250 g/mol. The molecule has 0 aliphatic carbocycles. The largest absolute Gasteiger partial charge is 0.135 e. The van der Waals surface area contributed by atoms with Crippen molar-refractivity contribution >= 4 is 11.3 Å². The van der Waals surface area contributed by atoms with Gasteiger partial charge in [0, 0.05) is 9.75 Å². The van der Waals surface area contributed by atoms with Gasteiger partial charge in [0.1, 0.15) is 0 Å². The summed E-state index contributed by atoms with van der Waals surface area (Å²) in [7, 11) is 0. The average molecular weight is 250 g/mol. The van der Waals surface area contributed by atoms with Crippen molar-refractivity contribution in [3.63, 3.8) is 0 Å². The molecule has 0 N–H and O–H groups in total. The lowest BCUT2D eigenvalue weighted by Crippen LogP contribution is -1.73. The zero-order valence-corrected chi connectivity index (χ0v) is 11.1. The van der Waals surface area contributed by atoms with Crippen LogP contribution in [0, 0.1) is 6.92 Å². The fourth-order valence-corrected chi connectivity index (χ4v) is 3.06. The molecule has 0 fully saturated rings. The highest BCUT2D eigenvalue weighted by atomic mass is 32.1. The molecule has 0 nitrogen and oxygen atoms in total. The Labute approximate surface area is 112 Å². The Bertz CT molecular complexity index is 650. The molecule has 1 aromatic heterocycles. The van der Waals surface area contributed by atoms with E-state index in [1.165, 1.54) is 26.4 Å². The Balaban J connectivity index is 2.00. The van der Waals surface area contributed by atoms with Crippen molar-refractivity contribution < 1.29 is 0 Å². The van der Waals surface area contributed by atoms with Gasteiger partial charge in [-0.1, -0.05) is 60.2 Å². The standard InChI is InChI=1S/C17H14S/c1-13-6-5-9-15(12-13)17-11-10-16(18-17)14-7-3-2-4-8-14/h2-12H,1H3. The molecule has 1 heterocycles. The van der Waals surface area contributed by atoms with Crippen molar-refractivity contribution in [2.75, 3.05) is 0 Å². The maximum atomic E-state index is 2.24. The highest BCUT2D eigenvalue weighted by Gasteiger charge is 2.04. The molecule has 0 bridgehead atoms. The molecule has 88 valence electrons. The van der Waals surface area contributed by atoms with E-state index in [-0.39, 0.29) is 0 Å². The molecule has 2 aromatic carbocycles. The minimum atomic E-state index is 1.29. The Morgan fingerprint density at radius 1 is 0.667 bits per heavy atom. The van der Waals surface area contributed by atoms with Crippen LogP contribution >= 0.6 is 11.3 Å². The molecule has 0 aliphatic rings. The summed E-state index contributed by atoms with van der Waals surface area (Å²) in [5.41, 5.74) is 3.91. The van der Waals surface area contributed by atoms with Gasteiger partial charge in [-0.3, -0.25) is 0 Å². The van der Waals surface area contributed by atoms with E-state index in [0.717, 1.165) is 0 Å². The molecule has 0 saturated carbocycles. The SMILES string of the molecule is Cc1cccc(-c2ccc(-c3ccccc3)s2)c1. The number of rotatable bonds is 2. The Kier molecular flexibility index (Phi) is 2.99. The van der Waals surface area contributed by atoms with E-state index in [9.17, 15) is 0 Å². The second-order valence-corrected chi connectivity index (χ2v) is 5.48. The van der Waals surface area contributed by atoms with E-state index >= 15 is 0 Å². The average Bonchev–Trinajstić information content (AvgIpc) is 2.89. The molecule has 0 atom stereocenters. The van der Waals surface area contributed by atoms with E-state index in [2.05, 4.69) is 73.7 Å². The zero-order valence-electron chi connectivity index (χ0n) is 10.3. The third kappa shape index (κ3) is 2.22. The Morgan fingerprint density at radius 2 is 1.33 bits per heavy atom. The zero-order chi connectivity index (χ0) is 12.4. The molecule has 0 saturated heterocycles. The molecule has 0 spiro atoms. The molecule has 0 unspecified atom stereocenters. The summed E-state index contributed by atoms with van der Waals surface area (Å²) in [6.07, 6.45) is 0. The molecule has 3 rings (SSSR count). The van der Waals surface area contributed by atoms with Crippen LogP contribution in [0.3, 0.4) is 0 Å². The Morgan fingerprint density at radius 3 is 2.06 bits per heavy atom. The van der Waals surface area contributed by atoms with Gasteiger partial charge in [0.2, 0.25) is 0 Å². The number of aryl methyl sites for hydroxylation is 1. The third-order valence-corrected chi connectivity index (χ3v) is 4.15. The summed E-state index contributed by atoms with van der Waals surface area (Å²) < 4.78 is 0. The molecule has 0 amide bonds. The van der Waals surface area contributed by atoms with Crippen molar-refractivity contribution in [2.24, 2.45) is 0 Å². The first-order valence-electron chi connectivity index (χ1n) is 6.05. The molecule has 3 aromatic rings. The maximum Gasteiger partial charge on any atom is 0.0349 e. The van der Waals surface area contributed by atoms with Crippen LogP contribution < -0.4 is 0 Å². The van der Waals surface area contributed by atoms with E-state index in [1.54, 1.807) is 0 Å². The normalized spacial score (nSPS) is 10.5. The van der Waals surface area contributed by atoms with Crippen LogP contribution in [0.5, 0.6) is 0 Å². The summed E-state index contributed by atoms with van der Waals surface area (Å²) in [5.74, 6) is 0. The number of hydrogen-bond acceptors (Lipinski definition) is 1. The van der Waals surface area contributed by atoms with Crippen LogP contribution in [0.15, 0.2) is 66.7 Å². The molecule has 0 radical (unpaired) electrons. The summed E-state index contributed by atoms with van der Waals surface area (Å²) in [6, 6.07) is 23.6. The van der Waals surface area contributed by atoms with Gasteiger partial charge in [-0.25, -0.2) is 0 Å². The first-order valence-corrected chi connectivity index (χ1v) is 6.87. The Hall–Kier alpha value is -1.86. The third-order valence-electron chi connectivity index (χ3n) is 2.97. The van der Waals surface area contributed by atoms with E-state index < -0.39 is 0 Å². The van der Waals surface area contributed by atoms with E-state index in [4.69, 9.17) is 0 Å². The van der Waals surface area contributed by atoms with Gasteiger partial charge in [-0.2, -0.15) is 0 Å². The minimum Gasteiger partial charge on any atom is -0.135 e. The first kappa shape index (κ1) is 11.2. The minimum absolute atomic E-state index is 1.29. The van der Waals surface area contributed by atoms with Gasteiger partial charge in [-0.05, 0) is 30.2 Å². The van der Waals surface area contributed by atoms with Crippen LogP contribution in [-0.4, -0.2) is 0 Å². The topological polar surface area (TPSA) is 0 Å². The van der Waals surface area contributed by atoms with Crippen LogP contribution in [-0.2, 0) is 0 Å². The lowest BCUT2D eigenvalue weighted by atomic mass is 10.1. The summed E-state index contributed by atoms with van der Waals surface area (Å²) in [5, 5.41) is 0. The van der Waals surface area contributed by atoms with Crippen molar-refractivity contribution in [3.8, 4) is 20.9 Å². The molecular formula is C17H14S. The molecular weight excluding hydrogens is 236 g/mol. The van der Waals surface area contributed by atoms with Crippen molar-refractivity contribution in [2.45, 2.75) is 6.92 Å². The van der Waals surface area contributed by atoms with Gasteiger partial charge < -0.3 is 0 Å². The van der Waals surface area contributed by atoms with Crippen molar-refractivity contribution in [1.29, 1.82) is 0 Å². The second-order valence-electron chi connectivity index (χ2n) is 4.40. The lowest BCUT2D eigenvalue weighted by molar-refractivity contribution is 1.48. The van der Waals surface area contributed by atoms with Crippen molar-refractivity contribution in [1.82, 2.24) is 0 Å². The van der Waals surface area contributed by atoms with Crippen LogP contribution in [0.4, 0.5) is 0 Å². The molecule has 18 heavy (non-hydrogen) atoms. The predicted octanol–water partition coefficient (Wildman–Crippen LogP) is 5.39. The highest BCUT2D eigenvalue weighted by Crippen LogP contribution is 2.34. The van der Waals surface area contributed by atoms with Gasteiger partial charge in [0.05, 0.1) is 0 Å². The second kappa shape index (κ2) is 4.79. The van der Waals surface area contributed by atoms with Gasteiger partial charge in [-0.15, -0.1) is 11.3 Å². The number of benzene rings is 2. The lowest BCUT2D eigenvalue weighted by Gasteiger charge is -1.99. The highest BCUT2D eigenvalue weighted by molar-refractivity contribution is 7.18. The summed E-state index contributed by atoms with van der Waals surface area (Å²) in [4.78, 5) is 2.66. The van der Waals surface area contributed by atoms with E-state index in [0.29, 0.717) is 0 Å². The van der Waals surface area contributed by atoms with Gasteiger partial charge in [0.25, 0.3) is 0 Å². The number of hydrogen-bond donors (Lipinski definition) is 0.